The first-order chi connectivity index (χ1) is 5.16. The molecule has 1 rings (SSSR count). The molecule has 0 fully saturated rings. The number of nitrogens with one attached hydrogen (secondary N) is 1. The van der Waals surface area contributed by atoms with Gasteiger partial charge in [0.25, 0.3) is 0 Å². The highest BCUT2D eigenvalue weighted by Gasteiger charge is 2.03. The van der Waals surface area contributed by atoms with Crippen molar-refractivity contribution in [2.45, 2.75) is 13.8 Å². The van der Waals surface area contributed by atoms with Crippen LogP contribution in [0.15, 0.2) is 12.1 Å². The maximum absolute atomic E-state index is 9.32. The lowest BCUT2D eigenvalue weighted by Crippen LogP contribution is -1.94. The Hall–Kier alpha value is -1.18. The van der Waals surface area contributed by atoms with Crippen LogP contribution >= 0.6 is 0 Å². The summed E-state index contributed by atoms with van der Waals surface area (Å²) in [5.74, 6) is 0.347. The normalized spacial score (nSPS) is 9.73. The van der Waals surface area contributed by atoms with E-state index in [1.807, 2.05) is 27.0 Å². The van der Waals surface area contributed by atoms with Crippen LogP contribution in [-0.4, -0.2) is 12.2 Å². The topological polar surface area (TPSA) is 32.3 Å². The molecule has 0 spiro atoms. The summed E-state index contributed by atoms with van der Waals surface area (Å²) in [6, 6.07) is 3.61. The summed E-state index contributed by atoms with van der Waals surface area (Å²) < 4.78 is 0. The average Bonchev–Trinajstić information content (AvgIpc) is 1.99. The molecule has 60 valence electrons. The van der Waals surface area contributed by atoms with E-state index in [1.165, 1.54) is 0 Å². The van der Waals surface area contributed by atoms with Crippen LogP contribution in [0, 0.1) is 13.8 Å². The summed E-state index contributed by atoms with van der Waals surface area (Å²) in [6.07, 6.45) is 0. The molecule has 0 aromatic heterocycles. The molecule has 0 heterocycles. The summed E-state index contributed by atoms with van der Waals surface area (Å²) in [7, 11) is 1.86. The van der Waals surface area contributed by atoms with Crippen molar-refractivity contribution in [1.29, 1.82) is 0 Å². The van der Waals surface area contributed by atoms with Gasteiger partial charge in [0, 0.05) is 18.3 Å². The lowest BCUT2D eigenvalue weighted by molar-refractivity contribution is 0.471. The molecule has 0 saturated carbocycles. The first kappa shape index (κ1) is 7.92. The molecule has 2 heteroatoms. The number of aryl methyl sites for hydroxylation is 1. The first-order valence-corrected chi connectivity index (χ1v) is 3.63. The molecule has 11 heavy (non-hydrogen) atoms. The Balaban J connectivity index is 3.29. The zero-order valence-corrected chi connectivity index (χ0v) is 7.10. The molecule has 0 amide bonds. The van der Waals surface area contributed by atoms with E-state index in [1.54, 1.807) is 6.07 Å². The van der Waals surface area contributed by atoms with Crippen LogP contribution in [0.1, 0.15) is 11.1 Å². The van der Waals surface area contributed by atoms with Gasteiger partial charge in [-0.1, -0.05) is 6.07 Å². The molecule has 0 atom stereocenters. The van der Waals surface area contributed by atoms with E-state index >= 15 is 0 Å². The van der Waals surface area contributed by atoms with Crippen molar-refractivity contribution in [3.63, 3.8) is 0 Å². The van der Waals surface area contributed by atoms with Crippen molar-refractivity contribution in [3.05, 3.63) is 23.3 Å². The standard InChI is InChI=1S/C9H13NO/c1-6-4-5-8(11)7(2)9(6)10-3/h4-5,10-11H,1-3H3. The summed E-state index contributed by atoms with van der Waals surface area (Å²) in [5, 5.41) is 12.4. The minimum Gasteiger partial charge on any atom is -0.508 e. The summed E-state index contributed by atoms with van der Waals surface area (Å²) in [5.41, 5.74) is 3.08. The molecule has 0 radical (unpaired) electrons. The van der Waals surface area contributed by atoms with Gasteiger partial charge in [-0.3, -0.25) is 0 Å². The lowest BCUT2D eigenvalue weighted by atomic mass is 10.1. The molecular formula is C9H13NO. The predicted molar refractivity (Wildman–Crippen MR) is 47.1 cm³/mol. The van der Waals surface area contributed by atoms with Crippen LogP contribution < -0.4 is 5.32 Å². The third kappa shape index (κ3) is 1.29. The van der Waals surface area contributed by atoms with Crippen LogP contribution in [0.2, 0.25) is 0 Å². The molecule has 0 aliphatic carbocycles. The van der Waals surface area contributed by atoms with Gasteiger partial charge in [-0.25, -0.2) is 0 Å². The summed E-state index contributed by atoms with van der Waals surface area (Å²) in [6.45, 7) is 3.91. The zero-order chi connectivity index (χ0) is 8.43. The predicted octanol–water partition coefficient (Wildman–Crippen LogP) is 2.05. The number of rotatable bonds is 1. The molecule has 1 aromatic carbocycles. The highest BCUT2D eigenvalue weighted by molar-refractivity contribution is 5.60. The minimum atomic E-state index is 0.347. The van der Waals surface area contributed by atoms with E-state index in [2.05, 4.69) is 5.32 Å². The van der Waals surface area contributed by atoms with E-state index in [0.717, 1.165) is 16.8 Å². The molecule has 0 bridgehead atoms. The summed E-state index contributed by atoms with van der Waals surface area (Å²) in [4.78, 5) is 0. The van der Waals surface area contributed by atoms with Crippen molar-refractivity contribution in [2.24, 2.45) is 0 Å². The SMILES string of the molecule is CNc1c(C)ccc(O)c1C. The maximum Gasteiger partial charge on any atom is 0.120 e. The van der Waals surface area contributed by atoms with Crippen LogP contribution in [0.5, 0.6) is 5.75 Å². The van der Waals surface area contributed by atoms with Crippen LogP contribution in [0.4, 0.5) is 5.69 Å². The van der Waals surface area contributed by atoms with E-state index in [4.69, 9.17) is 0 Å². The number of phenols is 1. The number of phenolic OH excluding ortho intramolecular Hbond substituents is 1. The van der Waals surface area contributed by atoms with Gasteiger partial charge in [0.2, 0.25) is 0 Å². The van der Waals surface area contributed by atoms with Gasteiger partial charge >= 0.3 is 0 Å². The fourth-order valence-electron chi connectivity index (χ4n) is 1.22. The zero-order valence-electron chi connectivity index (χ0n) is 7.10. The van der Waals surface area contributed by atoms with E-state index in [0.29, 0.717) is 5.75 Å². The van der Waals surface area contributed by atoms with Gasteiger partial charge in [-0.2, -0.15) is 0 Å². The molecule has 0 saturated heterocycles. The molecule has 0 unspecified atom stereocenters. The number of aromatic hydroxyl groups is 1. The Bertz CT molecular complexity index is 269. The third-order valence-corrected chi connectivity index (χ3v) is 1.89. The third-order valence-electron chi connectivity index (χ3n) is 1.89. The Morgan fingerprint density at radius 1 is 1.27 bits per heavy atom. The molecule has 2 N–H and O–H groups in total. The molecule has 1 aromatic rings. The fourth-order valence-corrected chi connectivity index (χ4v) is 1.22. The van der Waals surface area contributed by atoms with Crippen LogP contribution in [-0.2, 0) is 0 Å². The van der Waals surface area contributed by atoms with E-state index in [-0.39, 0.29) is 0 Å². The van der Waals surface area contributed by atoms with Gasteiger partial charge < -0.3 is 10.4 Å². The Kier molecular flexibility index (Phi) is 2.03. The average molecular weight is 151 g/mol. The quantitative estimate of drug-likeness (QED) is 0.643. The van der Waals surface area contributed by atoms with Gasteiger partial charge in [0.05, 0.1) is 0 Å². The first-order valence-electron chi connectivity index (χ1n) is 3.63. The second-order valence-electron chi connectivity index (χ2n) is 2.65. The van der Waals surface area contributed by atoms with Gasteiger partial charge in [-0.15, -0.1) is 0 Å². The number of anilines is 1. The number of hydrogen-bond acceptors (Lipinski definition) is 2. The molecule has 0 aliphatic rings. The smallest absolute Gasteiger partial charge is 0.120 e. The minimum absolute atomic E-state index is 0.347. The van der Waals surface area contributed by atoms with Crippen molar-refractivity contribution < 1.29 is 5.11 Å². The fraction of sp³-hybridized carbons (Fsp3) is 0.333. The van der Waals surface area contributed by atoms with Crippen molar-refractivity contribution >= 4 is 5.69 Å². The Labute approximate surface area is 66.9 Å². The Morgan fingerprint density at radius 3 is 2.36 bits per heavy atom. The van der Waals surface area contributed by atoms with Crippen LogP contribution in [0.3, 0.4) is 0 Å². The van der Waals surface area contributed by atoms with E-state index in [9.17, 15) is 5.11 Å². The van der Waals surface area contributed by atoms with Crippen molar-refractivity contribution in [1.82, 2.24) is 0 Å². The van der Waals surface area contributed by atoms with Gasteiger partial charge in [0.15, 0.2) is 0 Å². The van der Waals surface area contributed by atoms with Crippen molar-refractivity contribution in [3.8, 4) is 5.75 Å². The molecule has 2 nitrogen and oxygen atoms in total. The largest absolute Gasteiger partial charge is 0.508 e. The lowest BCUT2D eigenvalue weighted by Gasteiger charge is -2.09. The van der Waals surface area contributed by atoms with Crippen LogP contribution in [0.25, 0.3) is 0 Å². The second kappa shape index (κ2) is 2.82. The summed E-state index contributed by atoms with van der Waals surface area (Å²) >= 11 is 0. The highest BCUT2D eigenvalue weighted by atomic mass is 16.3. The highest BCUT2D eigenvalue weighted by Crippen LogP contribution is 2.26. The van der Waals surface area contributed by atoms with Crippen molar-refractivity contribution in [2.75, 3.05) is 12.4 Å². The molecule has 0 aliphatic heterocycles. The Morgan fingerprint density at radius 2 is 1.91 bits per heavy atom. The van der Waals surface area contributed by atoms with Gasteiger partial charge in [0.1, 0.15) is 5.75 Å². The number of hydrogen-bond donors (Lipinski definition) is 2. The maximum atomic E-state index is 9.32. The monoisotopic (exact) mass is 151 g/mol. The molecular weight excluding hydrogens is 138 g/mol. The second-order valence-corrected chi connectivity index (χ2v) is 2.65. The van der Waals surface area contributed by atoms with E-state index < -0.39 is 0 Å². The number of benzene rings is 1. The van der Waals surface area contributed by atoms with Gasteiger partial charge in [-0.05, 0) is 25.5 Å².